The van der Waals surface area contributed by atoms with Gasteiger partial charge in [0, 0.05) is 149 Å². The van der Waals surface area contributed by atoms with Crippen LogP contribution in [0.3, 0.4) is 0 Å². The number of hydrogen-bond acceptors (Lipinski definition) is 19. The molecule has 0 bridgehead atoms. The second-order valence-corrected chi connectivity index (χ2v) is 29.0. The van der Waals surface area contributed by atoms with Crippen LogP contribution in [0.2, 0.25) is 20.1 Å². The van der Waals surface area contributed by atoms with E-state index in [0.29, 0.717) is 79.2 Å². The lowest BCUT2D eigenvalue weighted by Crippen LogP contribution is -2.52. The average molecular weight is 1500 g/mol. The van der Waals surface area contributed by atoms with Crippen LogP contribution in [-0.2, 0) is 91.3 Å². The Morgan fingerprint density at radius 2 is 1.13 bits per heavy atom. The minimum absolute atomic E-state index is 0.00406. The van der Waals surface area contributed by atoms with Gasteiger partial charge in [-0.1, -0.05) is 70.7 Å². The molecule has 550 valence electrons. The highest BCUT2D eigenvalue weighted by Crippen LogP contribution is 2.41. The molecule has 32 heteroatoms. The van der Waals surface area contributed by atoms with E-state index < -0.39 is 57.8 Å². The van der Waals surface area contributed by atoms with E-state index >= 15 is 0 Å². The number of hydrogen-bond donors (Lipinski definition) is 6. The molecular formula is C67H95Cl4N9O17S2. The van der Waals surface area contributed by atoms with E-state index in [1.807, 2.05) is 31.3 Å². The zero-order valence-electron chi connectivity index (χ0n) is 56.6. The summed E-state index contributed by atoms with van der Waals surface area (Å²) in [4.78, 5) is 75.5. The second kappa shape index (κ2) is 42.5. The van der Waals surface area contributed by atoms with Crippen molar-refractivity contribution in [1.82, 2.24) is 34.5 Å². The molecule has 2 heterocycles. The molecule has 6 rings (SSSR count). The van der Waals surface area contributed by atoms with Crippen LogP contribution in [0.1, 0.15) is 83.7 Å². The van der Waals surface area contributed by atoms with Gasteiger partial charge in [-0.15, -0.1) is 0 Å². The highest BCUT2D eigenvalue weighted by molar-refractivity contribution is 7.89. The predicted molar refractivity (Wildman–Crippen MR) is 377 cm³/mol. The van der Waals surface area contributed by atoms with Crippen molar-refractivity contribution < 1.29 is 79.4 Å². The van der Waals surface area contributed by atoms with Gasteiger partial charge in [0.2, 0.25) is 33.7 Å². The lowest BCUT2D eigenvalue weighted by molar-refractivity contribution is -0.144. The molecule has 3 unspecified atom stereocenters. The number of nitrogens with one attached hydrogen (secondary N) is 2. The van der Waals surface area contributed by atoms with Crippen LogP contribution in [0, 0.1) is 0 Å². The number of sulfonamides is 1. The van der Waals surface area contributed by atoms with Crippen molar-refractivity contribution in [1.29, 1.82) is 0 Å². The monoisotopic (exact) mass is 1500 g/mol. The summed E-state index contributed by atoms with van der Waals surface area (Å²) in [5, 5.41) is 14.2. The quantitative estimate of drug-likeness (QED) is 0.0237. The largest absolute Gasteiger partial charge is 0.480 e. The van der Waals surface area contributed by atoms with Crippen LogP contribution < -0.4 is 21.5 Å². The van der Waals surface area contributed by atoms with E-state index in [4.69, 9.17) is 91.0 Å². The normalized spacial score (nSPS) is 16.1. The first-order chi connectivity index (χ1) is 47.3. The van der Waals surface area contributed by atoms with Crippen LogP contribution in [0.5, 0.6) is 0 Å². The number of carbonyl (C=O) groups is 5. The number of aliphatic carboxylic acids is 1. The summed E-state index contributed by atoms with van der Waals surface area (Å²) in [6.45, 7) is 4.80. The third-order valence-electron chi connectivity index (χ3n) is 17.0. The van der Waals surface area contributed by atoms with Crippen molar-refractivity contribution in [2.24, 2.45) is 11.5 Å². The van der Waals surface area contributed by atoms with Crippen molar-refractivity contribution in [3.8, 4) is 0 Å². The number of carbonyl (C=O) groups excluding carboxylic acids is 4. The van der Waals surface area contributed by atoms with Gasteiger partial charge in [-0.25, -0.2) is 22.1 Å². The number of carboxylic acids is 1. The molecule has 2 aliphatic heterocycles. The van der Waals surface area contributed by atoms with Crippen LogP contribution in [-0.4, -0.2) is 261 Å². The molecular weight excluding hydrogens is 1410 g/mol. The Bertz CT molecular complexity index is 3430. The van der Waals surface area contributed by atoms with Gasteiger partial charge in [-0.05, 0) is 108 Å². The molecule has 0 spiro atoms. The lowest BCUT2D eigenvalue weighted by Gasteiger charge is -2.37. The van der Waals surface area contributed by atoms with Gasteiger partial charge < -0.3 is 79.2 Å². The first-order valence-corrected chi connectivity index (χ1v) is 36.8. The molecule has 26 nitrogen and oxygen atoms in total. The maximum Gasteiger partial charge on any atom is 0.329 e. The van der Waals surface area contributed by atoms with Crippen LogP contribution in [0.15, 0.2) is 82.6 Å². The lowest BCUT2D eigenvalue weighted by atomic mass is 9.82. The summed E-state index contributed by atoms with van der Waals surface area (Å²) >= 11 is 23.9. The Morgan fingerprint density at radius 1 is 0.646 bits per heavy atom. The average Bonchev–Trinajstić information content (AvgIpc) is 0.780. The van der Waals surface area contributed by atoms with Gasteiger partial charge in [0.1, 0.15) is 13.2 Å². The third-order valence-corrected chi connectivity index (χ3v) is 20.2. The molecule has 0 aliphatic carbocycles. The fourth-order valence-corrected chi connectivity index (χ4v) is 14.3. The Labute approximate surface area is 603 Å². The SMILES string of the molecule is CN1Cc2c(Cl)cc(Cl)cc2[C@H](c2cccc(S(=O)(=O)NCCOCCOCCN(C)C(=O)CCC(CCC(=O)N(C)CCOCCOCCN)(CCC(=O)N(C)CCOCCOCC(N)CN3Cc4c(Cl)cc(Cl)cc4[C@H](c4cccc(S(=O)O)c4)C3)NC(=O)COCC(=O)O)c2)C1. The van der Waals surface area contributed by atoms with Crippen molar-refractivity contribution in [2.75, 3.05) is 173 Å². The first-order valence-electron chi connectivity index (χ1n) is 32.7. The molecule has 99 heavy (non-hydrogen) atoms. The Kier molecular flexibility index (Phi) is 35.6. The number of fused-ring (bicyclic) bond motifs is 2. The highest BCUT2D eigenvalue weighted by Gasteiger charge is 2.36. The topological polar surface area (TPSA) is 334 Å². The maximum atomic E-state index is 13.9. The van der Waals surface area contributed by atoms with Gasteiger partial charge in [-0.3, -0.25) is 24.1 Å². The Morgan fingerprint density at radius 3 is 1.66 bits per heavy atom. The van der Waals surface area contributed by atoms with E-state index in [1.54, 1.807) is 63.6 Å². The van der Waals surface area contributed by atoms with Crippen molar-refractivity contribution >= 4 is 97.1 Å². The Hall–Kier alpha value is -5.03. The number of ether oxygens (including phenoxy) is 7. The summed E-state index contributed by atoms with van der Waals surface area (Å²) in [5.41, 5.74) is 16.1. The zero-order chi connectivity index (χ0) is 72.1. The second-order valence-electron chi connectivity index (χ2n) is 24.5. The summed E-state index contributed by atoms with van der Waals surface area (Å²) in [6.07, 6.45) is -0.412. The number of amides is 4. The smallest absolute Gasteiger partial charge is 0.329 e. The van der Waals surface area contributed by atoms with Gasteiger partial charge in [-0.2, -0.15) is 0 Å². The van der Waals surface area contributed by atoms with Crippen molar-refractivity contribution in [3.63, 3.8) is 0 Å². The molecule has 4 aromatic rings. The summed E-state index contributed by atoms with van der Waals surface area (Å²) in [5.74, 6) is -3.31. The fourth-order valence-electron chi connectivity index (χ4n) is 11.7. The minimum Gasteiger partial charge on any atom is -0.480 e. The Balaban J connectivity index is 0.971. The molecule has 0 aromatic heterocycles. The summed E-state index contributed by atoms with van der Waals surface area (Å²) < 4.78 is 90.5. The summed E-state index contributed by atoms with van der Waals surface area (Å²) in [7, 11) is 2.87. The number of likely N-dealkylation sites (N-methyl/N-ethyl adjacent to an activating group) is 4. The van der Waals surface area contributed by atoms with Crippen LogP contribution in [0.4, 0.5) is 0 Å². The molecule has 8 N–H and O–H groups in total. The molecule has 0 fully saturated rings. The van der Waals surface area contributed by atoms with Gasteiger partial charge in [0.15, 0.2) is 11.1 Å². The molecule has 5 atom stereocenters. The van der Waals surface area contributed by atoms with E-state index in [0.717, 1.165) is 33.4 Å². The van der Waals surface area contributed by atoms with E-state index in [-0.39, 0.29) is 164 Å². The van der Waals surface area contributed by atoms with Gasteiger partial charge in [0.05, 0.1) is 89.1 Å². The molecule has 0 radical (unpaired) electrons. The number of benzene rings is 4. The molecule has 4 aromatic carbocycles. The fraction of sp³-hybridized carbons (Fsp3) is 0.567. The molecule has 2 aliphatic rings. The highest BCUT2D eigenvalue weighted by atomic mass is 35.5. The number of nitrogens with zero attached hydrogens (tertiary/aromatic N) is 5. The predicted octanol–water partition coefficient (Wildman–Crippen LogP) is 5.44. The molecule has 0 saturated carbocycles. The number of carboxylic acid groups (broad SMARTS) is 1. The third kappa shape index (κ3) is 27.9. The van der Waals surface area contributed by atoms with Crippen LogP contribution in [0.25, 0.3) is 0 Å². The van der Waals surface area contributed by atoms with Crippen LogP contribution >= 0.6 is 46.4 Å². The van der Waals surface area contributed by atoms with E-state index in [9.17, 15) is 46.3 Å². The molecule has 0 saturated heterocycles. The summed E-state index contributed by atoms with van der Waals surface area (Å²) in [6, 6.07) is 20.5. The number of rotatable bonds is 46. The standard InChI is InChI=1S/C67H95Cl4N9O17S2/c1-76-40-56(54-35-49(68)37-60(70)58(54)41-76)48-8-6-10-53(34-48)99(89,90)74-18-23-92-28-30-94-25-20-78(3)64(83)12-15-67(75-62(81)45-97-46-66(85)86,14-11-63(82)77(2)19-24-93-29-27-91-22-17-72)16-13-65(84)79(4)21-26-95-31-32-96-44-51(73)39-80-42-57(47-7-5-9-52(33-47)98(87)88)55-36-50(69)38-61(71)59(55)43-80/h5-10,33-38,51,56-57,74H,11-32,39-46,72-73H2,1-4H3,(H,75,81)(H,85,86)(H,87,88)/t51?,56-,57-,67?/m0/s1. The number of halogens is 4. The van der Waals surface area contributed by atoms with Gasteiger partial charge in [0.25, 0.3) is 0 Å². The first kappa shape index (κ1) is 82.9. The number of nitrogens with two attached hydrogens (primary N) is 2. The van der Waals surface area contributed by atoms with Crippen molar-refractivity contribution in [2.45, 2.75) is 84.8 Å². The van der Waals surface area contributed by atoms with Gasteiger partial charge >= 0.3 is 5.97 Å². The van der Waals surface area contributed by atoms with E-state index in [1.165, 1.54) is 20.8 Å². The molecule has 4 amide bonds. The maximum absolute atomic E-state index is 13.9. The van der Waals surface area contributed by atoms with E-state index in [2.05, 4.69) is 19.8 Å². The zero-order valence-corrected chi connectivity index (χ0v) is 61.3. The minimum atomic E-state index is -3.90. The van der Waals surface area contributed by atoms with Crippen molar-refractivity contribution in [3.05, 3.63) is 126 Å².